The van der Waals surface area contributed by atoms with Gasteiger partial charge in [0.2, 0.25) is 0 Å². The van der Waals surface area contributed by atoms with E-state index in [4.69, 9.17) is 9.47 Å². The Labute approximate surface area is 159 Å². The van der Waals surface area contributed by atoms with Crippen LogP contribution in [0.2, 0.25) is 0 Å². The third-order valence-electron chi connectivity index (χ3n) is 5.25. The van der Waals surface area contributed by atoms with Crippen LogP contribution in [-0.4, -0.2) is 48.8 Å². The van der Waals surface area contributed by atoms with Gasteiger partial charge in [-0.25, -0.2) is 4.79 Å². The van der Waals surface area contributed by atoms with Crippen molar-refractivity contribution in [1.82, 2.24) is 5.32 Å². The van der Waals surface area contributed by atoms with E-state index in [0.29, 0.717) is 0 Å². The minimum atomic E-state index is -4.87. The van der Waals surface area contributed by atoms with E-state index < -0.39 is 37.1 Å². The van der Waals surface area contributed by atoms with Gasteiger partial charge in [0, 0.05) is 5.92 Å². The number of alkyl carbamates (subject to hydrolysis) is 1. The van der Waals surface area contributed by atoms with Gasteiger partial charge in [0.05, 0.1) is 13.2 Å². The molecule has 0 saturated carbocycles. The Morgan fingerprint density at radius 2 is 1.68 bits per heavy atom. The summed E-state index contributed by atoms with van der Waals surface area (Å²) in [4.78, 5) is 12.2. The molecule has 2 aromatic rings. The summed E-state index contributed by atoms with van der Waals surface area (Å²) in [5, 5.41) is 11.7. The van der Waals surface area contributed by atoms with Crippen LogP contribution >= 0.6 is 0 Å². The van der Waals surface area contributed by atoms with E-state index in [2.05, 4.69) is 5.32 Å². The van der Waals surface area contributed by atoms with Crippen molar-refractivity contribution < 1.29 is 32.5 Å². The summed E-state index contributed by atoms with van der Waals surface area (Å²) in [6.45, 7) is -0.894. The van der Waals surface area contributed by atoms with Crippen LogP contribution in [-0.2, 0) is 9.47 Å². The third-order valence-corrected chi connectivity index (χ3v) is 5.25. The largest absolute Gasteiger partial charge is 0.449 e. The van der Waals surface area contributed by atoms with E-state index in [0.717, 1.165) is 22.3 Å². The molecule has 5 nitrogen and oxygen atoms in total. The molecule has 148 valence electrons. The first-order valence-electron chi connectivity index (χ1n) is 8.77. The maximum Gasteiger partial charge on any atom is 0.416 e. The molecule has 2 aromatic carbocycles. The van der Waals surface area contributed by atoms with Gasteiger partial charge >= 0.3 is 12.3 Å². The first-order valence-corrected chi connectivity index (χ1v) is 8.77. The molecule has 28 heavy (non-hydrogen) atoms. The lowest BCUT2D eigenvalue weighted by Gasteiger charge is -2.45. The zero-order chi connectivity index (χ0) is 19.9. The first kappa shape index (κ1) is 18.8. The van der Waals surface area contributed by atoms with Crippen molar-refractivity contribution in [3.63, 3.8) is 0 Å². The van der Waals surface area contributed by atoms with Crippen molar-refractivity contribution >= 4 is 6.09 Å². The molecule has 1 fully saturated rings. The van der Waals surface area contributed by atoms with Crippen molar-refractivity contribution in [3.05, 3.63) is 59.7 Å². The van der Waals surface area contributed by atoms with E-state index in [-0.39, 0.29) is 12.5 Å². The van der Waals surface area contributed by atoms with Crippen molar-refractivity contribution in [2.75, 3.05) is 19.8 Å². The molecule has 0 aromatic heterocycles. The van der Waals surface area contributed by atoms with Gasteiger partial charge in [0.15, 0.2) is 6.10 Å². The molecule has 1 saturated heterocycles. The summed E-state index contributed by atoms with van der Waals surface area (Å²) in [6.07, 6.45) is -8.62. The topological polar surface area (TPSA) is 67.8 Å². The summed E-state index contributed by atoms with van der Waals surface area (Å²) < 4.78 is 48.7. The number of hydrogen-bond donors (Lipinski definition) is 2. The van der Waals surface area contributed by atoms with E-state index in [1.807, 2.05) is 48.5 Å². The van der Waals surface area contributed by atoms with Crippen LogP contribution in [0, 0.1) is 0 Å². The maximum absolute atomic E-state index is 12.9. The average molecular weight is 393 g/mol. The molecule has 1 unspecified atom stereocenters. The minimum Gasteiger partial charge on any atom is -0.449 e. The minimum absolute atomic E-state index is 0.0289. The Morgan fingerprint density at radius 1 is 1.14 bits per heavy atom. The van der Waals surface area contributed by atoms with Crippen LogP contribution in [0.5, 0.6) is 0 Å². The van der Waals surface area contributed by atoms with Gasteiger partial charge in [0.25, 0.3) is 0 Å². The van der Waals surface area contributed by atoms with Crippen LogP contribution in [0.25, 0.3) is 11.1 Å². The molecule has 0 bridgehead atoms. The number of ether oxygens (including phenoxy) is 2. The Balaban J connectivity index is 1.47. The number of hydrogen-bond acceptors (Lipinski definition) is 4. The van der Waals surface area contributed by atoms with Gasteiger partial charge in [-0.2, -0.15) is 13.2 Å². The van der Waals surface area contributed by atoms with E-state index >= 15 is 0 Å². The average Bonchev–Trinajstić information content (AvgIpc) is 2.96. The highest BCUT2D eigenvalue weighted by Gasteiger charge is 2.58. The van der Waals surface area contributed by atoms with Gasteiger partial charge in [-0.15, -0.1) is 0 Å². The lowest BCUT2D eigenvalue weighted by atomic mass is 9.90. The molecule has 4 rings (SSSR count). The number of amides is 1. The smallest absolute Gasteiger partial charge is 0.416 e. The number of nitrogens with one attached hydrogen (secondary N) is 1. The Morgan fingerprint density at radius 3 is 2.14 bits per heavy atom. The van der Waals surface area contributed by atoms with Gasteiger partial charge in [-0.05, 0) is 22.3 Å². The first-order chi connectivity index (χ1) is 13.3. The van der Waals surface area contributed by atoms with Gasteiger partial charge in [-0.3, -0.25) is 0 Å². The highest BCUT2D eigenvalue weighted by molar-refractivity contribution is 5.79. The molecule has 1 aliphatic heterocycles. The Kier molecular flexibility index (Phi) is 4.55. The van der Waals surface area contributed by atoms with Crippen LogP contribution in [0.15, 0.2) is 48.5 Å². The normalized spacial score (nSPS) is 18.6. The number of halogens is 3. The number of rotatable bonds is 4. The van der Waals surface area contributed by atoms with Crippen molar-refractivity contribution in [3.8, 4) is 11.1 Å². The second-order valence-corrected chi connectivity index (χ2v) is 7.04. The van der Waals surface area contributed by atoms with E-state index in [1.165, 1.54) is 0 Å². The third kappa shape index (κ3) is 3.12. The predicted octanol–water partition coefficient (Wildman–Crippen LogP) is 3.22. The summed E-state index contributed by atoms with van der Waals surface area (Å²) in [6, 6.07) is 15.5. The van der Waals surface area contributed by atoms with Gasteiger partial charge in [-0.1, -0.05) is 48.5 Å². The van der Waals surface area contributed by atoms with Crippen LogP contribution < -0.4 is 5.32 Å². The molecule has 1 heterocycles. The van der Waals surface area contributed by atoms with Gasteiger partial charge in [0.1, 0.15) is 12.1 Å². The monoisotopic (exact) mass is 393 g/mol. The molecular formula is C20H18F3NO4. The van der Waals surface area contributed by atoms with Crippen molar-refractivity contribution in [2.45, 2.75) is 23.7 Å². The number of fused-ring (bicyclic) bond motifs is 3. The lowest BCUT2D eigenvalue weighted by Crippen LogP contribution is -2.71. The fraction of sp³-hybridized carbons (Fsp3) is 0.350. The van der Waals surface area contributed by atoms with Gasteiger partial charge < -0.3 is 19.9 Å². The molecule has 8 heteroatoms. The summed E-state index contributed by atoms with van der Waals surface area (Å²) in [5.74, 6) is -0.209. The second-order valence-electron chi connectivity index (χ2n) is 7.04. The quantitative estimate of drug-likeness (QED) is 0.837. The molecule has 0 radical (unpaired) electrons. The Bertz CT molecular complexity index is 850. The zero-order valence-corrected chi connectivity index (χ0v) is 14.7. The number of carbonyl (C=O) groups excluding carboxylic acids is 1. The fourth-order valence-electron chi connectivity index (χ4n) is 3.77. The number of aliphatic hydroxyl groups excluding tert-OH is 1. The van der Waals surface area contributed by atoms with Crippen LogP contribution in [0.3, 0.4) is 0 Å². The van der Waals surface area contributed by atoms with E-state index in [1.54, 1.807) is 0 Å². The van der Waals surface area contributed by atoms with Crippen molar-refractivity contribution in [2.24, 2.45) is 0 Å². The molecule has 1 aliphatic carbocycles. The molecule has 2 N–H and O–H groups in total. The number of aliphatic hydroxyl groups is 1. The molecule has 0 spiro atoms. The standard InChI is InChI=1S/C20H18F3NO4/c21-20(22,23)17(25)19(10-27-11-19)24-18(26)28-9-16-14-7-3-1-5-12(14)13-6-2-4-8-15(13)16/h1-8,16-17,25H,9-11H2,(H,24,26). The summed E-state index contributed by atoms with van der Waals surface area (Å²) >= 11 is 0. The van der Waals surface area contributed by atoms with Crippen LogP contribution in [0.4, 0.5) is 18.0 Å². The van der Waals surface area contributed by atoms with Crippen LogP contribution in [0.1, 0.15) is 17.0 Å². The fourth-order valence-corrected chi connectivity index (χ4v) is 3.77. The SMILES string of the molecule is O=C(NC1(C(O)C(F)(F)F)COC1)OCC1c2ccccc2-c2ccccc21. The van der Waals surface area contributed by atoms with Crippen molar-refractivity contribution in [1.29, 1.82) is 0 Å². The zero-order valence-electron chi connectivity index (χ0n) is 14.7. The maximum atomic E-state index is 12.9. The predicted molar refractivity (Wildman–Crippen MR) is 93.8 cm³/mol. The highest BCUT2D eigenvalue weighted by atomic mass is 19.4. The van der Waals surface area contributed by atoms with E-state index in [9.17, 15) is 23.1 Å². The Hall–Kier alpha value is -2.58. The summed E-state index contributed by atoms with van der Waals surface area (Å²) in [7, 11) is 0. The summed E-state index contributed by atoms with van der Waals surface area (Å²) in [5.41, 5.74) is 2.16. The molecule has 1 amide bonds. The highest BCUT2D eigenvalue weighted by Crippen LogP contribution is 2.44. The number of alkyl halides is 3. The number of benzene rings is 2. The molecular weight excluding hydrogens is 375 g/mol. The molecule has 2 aliphatic rings. The number of carbonyl (C=O) groups is 1. The lowest BCUT2D eigenvalue weighted by molar-refractivity contribution is -0.260. The second kappa shape index (κ2) is 6.79. The molecule has 1 atom stereocenters.